The first kappa shape index (κ1) is 18.1. The average molecular weight is 364 g/mol. The normalized spacial score (nSPS) is 11.2. The fourth-order valence-electron chi connectivity index (χ4n) is 1.76. The number of anilines is 3. The summed E-state index contributed by atoms with van der Waals surface area (Å²) in [6.07, 6.45) is -3.92. The molecule has 0 fully saturated rings. The summed E-state index contributed by atoms with van der Waals surface area (Å²) in [5.41, 5.74) is -0.745. The van der Waals surface area contributed by atoms with Crippen molar-refractivity contribution in [2.45, 2.75) is 13.1 Å². The number of ether oxygens (including phenoxy) is 1. The summed E-state index contributed by atoms with van der Waals surface area (Å²) in [5, 5.41) is 5.38. The number of nitrogens with zero attached hydrogens (tertiary/aromatic N) is 2. The summed E-state index contributed by atoms with van der Waals surface area (Å²) in [6, 6.07) is 5.24. The molecule has 0 bridgehead atoms. The molecule has 0 aliphatic rings. The van der Waals surface area contributed by atoms with Crippen LogP contribution in [0.1, 0.15) is 12.5 Å². The molecule has 0 saturated carbocycles. The Labute approximate surface area is 140 Å². The minimum atomic E-state index is -4.59. The maximum atomic E-state index is 12.9. The zero-order valence-corrected chi connectivity index (χ0v) is 13.1. The SMILES string of the molecule is CCNc1nc(Nc2cc(OCF)[c]cc2Cl)ncc1C(F)(F)F. The second-order valence-corrected chi connectivity index (χ2v) is 4.83. The molecule has 5 nitrogen and oxygen atoms in total. The van der Waals surface area contributed by atoms with Crippen LogP contribution < -0.4 is 15.4 Å². The van der Waals surface area contributed by atoms with E-state index in [1.165, 1.54) is 12.1 Å². The van der Waals surface area contributed by atoms with Gasteiger partial charge in [-0.1, -0.05) is 11.6 Å². The van der Waals surface area contributed by atoms with Gasteiger partial charge in [0.15, 0.2) is 0 Å². The molecule has 1 aromatic heterocycles. The van der Waals surface area contributed by atoms with Crippen molar-refractivity contribution in [2.75, 3.05) is 24.0 Å². The largest absolute Gasteiger partial charge is 0.462 e. The van der Waals surface area contributed by atoms with Crippen LogP contribution in [-0.4, -0.2) is 23.4 Å². The van der Waals surface area contributed by atoms with Crippen molar-refractivity contribution in [2.24, 2.45) is 0 Å². The summed E-state index contributed by atoms with van der Waals surface area (Å²) in [4.78, 5) is 7.44. The van der Waals surface area contributed by atoms with E-state index < -0.39 is 18.6 Å². The van der Waals surface area contributed by atoms with Crippen LogP contribution in [0.5, 0.6) is 5.75 Å². The molecule has 0 amide bonds. The zero-order chi connectivity index (χ0) is 17.7. The molecular weight excluding hydrogens is 352 g/mol. The van der Waals surface area contributed by atoms with Crippen LogP contribution in [0.4, 0.5) is 35.0 Å². The van der Waals surface area contributed by atoms with Gasteiger partial charge in [-0.2, -0.15) is 18.2 Å². The summed E-state index contributed by atoms with van der Waals surface area (Å²) >= 11 is 5.96. The first-order valence-electron chi connectivity index (χ1n) is 6.70. The number of nitrogens with one attached hydrogen (secondary N) is 2. The fourth-order valence-corrected chi connectivity index (χ4v) is 1.92. The van der Waals surface area contributed by atoms with E-state index in [0.717, 1.165) is 0 Å². The lowest BCUT2D eigenvalue weighted by molar-refractivity contribution is -0.137. The molecule has 0 aliphatic carbocycles. The smallest absolute Gasteiger partial charge is 0.421 e. The number of rotatable bonds is 6. The Morgan fingerprint density at radius 2 is 2.12 bits per heavy atom. The van der Waals surface area contributed by atoms with Crippen LogP contribution in [0.15, 0.2) is 18.3 Å². The van der Waals surface area contributed by atoms with Gasteiger partial charge in [0.2, 0.25) is 12.8 Å². The Morgan fingerprint density at radius 3 is 2.75 bits per heavy atom. The van der Waals surface area contributed by atoms with Gasteiger partial charge in [-0.15, -0.1) is 0 Å². The summed E-state index contributed by atoms with van der Waals surface area (Å²) in [6.45, 7) is 0.827. The molecule has 1 aromatic carbocycles. The molecule has 10 heteroatoms. The Balaban J connectivity index is 2.33. The van der Waals surface area contributed by atoms with Gasteiger partial charge in [0.25, 0.3) is 0 Å². The van der Waals surface area contributed by atoms with Gasteiger partial charge < -0.3 is 15.4 Å². The highest BCUT2D eigenvalue weighted by Crippen LogP contribution is 2.34. The molecule has 129 valence electrons. The molecular formula is C14H12ClF4N4O. The zero-order valence-electron chi connectivity index (χ0n) is 12.3. The van der Waals surface area contributed by atoms with Crippen LogP contribution in [-0.2, 0) is 6.18 Å². The number of aromatic nitrogens is 2. The van der Waals surface area contributed by atoms with Gasteiger partial charge in [0, 0.05) is 24.9 Å². The molecule has 1 radical (unpaired) electrons. The van der Waals surface area contributed by atoms with E-state index in [2.05, 4.69) is 31.4 Å². The lowest BCUT2D eigenvalue weighted by atomic mass is 10.3. The first-order chi connectivity index (χ1) is 11.3. The van der Waals surface area contributed by atoms with E-state index in [1.807, 2.05) is 0 Å². The van der Waals surface area contributed by atoms with E-state index in [1.54, 1.807) is 6.92 Å². The molecule has 24 heavy (non-hydrogen) atoms. The molecule has 0 aliphatic heterocycles. The van der Waals surface area contributed by atoms with Crippen molar-refractivity contribution < 1.29 is 22.3 Å². The van der Waals surface area contributed by atoms with Gasteiger partial charge in [-0.3, -0.25) is 0 Å². The van der Waals surface area contributed by atoms with E-state index in [4.69, 9.17) is 11.6 Å². The van der Waals surface area contributed by atoms with Gasteiger partial charge in [-0.25, -0.2) is 9.37 Å². The van der Waals surface area contributed by atoms with E-state index >= 15 is 0 Å². The van der Waals surface area contributed by atoms with Gasteiger partial charge in [0.1, 0.15) is 17.1 Å². The molecule has 0 spiro atoms. The standard InChI is InChI=1S/C14H12ClF4N4O/c1-2-20-12-9(14(17,18)19)6-21-13(23-12)22-11-5-8(24-7-16)3-4-10(11)15/h4-6H,2,7H2,1H3,(H2,20,21,22,23). The third-order valence-electron chi connectivity index (χ3n) is 2.77. The van der Waals surface area contributed by atoms with E-state index in [0.29, 0.717) is 6.20 Å². The van der Waals surface area contributed by atoms with Crippen molar-refractivity contribution >= 4 is 29.1 Å². The summed E-state index contributed by atoms with van der Waals surface area (Å²) in [5.74, 6) is -0.400. The average Bonchev–Trinajstić information content (AvgIpc) is 2.50. The van der Waals surface area contributed by atoms with Gasteiger partial charge in [0.05, 0.1) is 10.7 Å². The van der Waals surface area contributed by atoms with E-state index in [-0.39, 0.29) is 34.8 Å². The number of alkyl halides is 4. The van der Waals surface area contributed by atoms with Crippen molar-refractivity contribution in [3.05, 3.63) is 35.0 Å². The predicted molar refractivity (Wildman–Crippen MR) is 81.4 cm³/mol. The summed E-state index contributed by atoms with van der Waals surface area (Å²) in [7, 11) is 0. The third-order valence-corrected chi connectivity index (χ3v) is 3.08. The summed E-state index contributed by atoms with van der Waals surface area (Å²) < 4.78 is 55.6. The van der Waals surface area contributed by atoms with Crippen LogP contribution in [0.25, 0.3) is 0 Å². The lowest BCUT2D eigenvalue weighted by Gasteiger charge is -2.14. The van der Waals surface area contributed by atoms with Crippen molar-refractivity contribution in [1.82, 2.24) is 9.97 Å². The molecule has 0 unspecified atom stereocenters. The van der Waals surface area contributed by atoms with Crippen molar-refractivity contribution in [3.8, 4) is 5.75 Å². The molecule has 0 saturated heterocycles. The second-order valence-electron chi connectivity index (χ2n) is 4.42. The number of hydrogen-bond donors (Lipinski definition) is 2. The van der Waals surface area contributed by atoms with Crippen LogP contribution in [0.3, 0.4) is 0 Å². The van der Waals surface area contributed by atoms with Crippen molar-refractivity contribution in [3.63, 3.8) is 0 Å². The monoisotopic (exact) mass is 363 g/mol. The Hall–Kier alpha value is -2.29. The van der Waals surface area contributed by atoms with Crippen molar-refractivity contribution in [1.29, 1.82) is 0 Å². The van der Waals surface area contributed by atoms with Crippen LogP contribution >= 0.6 is 11.6 Å². The molecule has 2 N–H and O–H groups in total. The second kappa shape index (κ2) is 7.52. The number of benzene rings is 1. The first-order valence-corrected chi connectivity index (χ1v) is 7.08. The van der Waals surface area contributed by atoms with E-state index in [9.17, 15) is 17.6 Å². The minimum absolute atomic E-state index is 0.0724. The maximum absolute atomic E-state index is 12.9. The Morgan fingerprint density at radius 1 is 1.38 bits per heavy atom. The minimum Gasteiger partial charge on any atom is -0.462 e. The molecule has 2 aromatic rings. The topological polar surface area (TPSA) is 59.1 Å². The van der Waals surface area contributed by atoms with Gasteiger partial charge in [-0.05, 0) is 13.0 Å². The van der Waals surface area contributed by atoms with Gasteiger partial charge >= 0.3 is 6.18 Å². The highest BCUT2D eigenvalue weighted by molar-refractivity contribution is 6.33. The third kappa shape index (κ3) is 4.38. The fraction of sp³-hybridized carbons (Fsp3) is 0.286. The molecule has 0 atom stereocenters. The van der Waals surface area contributed by atoms with Crippen LogP contribution in [0, 0.1) is 6.07 Å². The number of halogens is 5. The molecule has 1 heterocycles. The predicted octanol–water partition coefficient (Wildman–Crippen LogP) is 4.43. The maximum Gasteiger partial charge on any atom is 0.421 e. The lowest BCUT2D eigenvalue weighted by Crippen LogP contribution is -2.14. The number of hydrogen-bond acceptors (Lipinski definition) is 5. The quantitative estimate of drug-likeness (QED) is 0.743. The Kier molecular flexibility index (Phi) is 5.66. The highest BCUT2D eigenvalue weighted by atomic mass is 35.5. The highest BCUT2D eigenvalue weighted by Gasteiger charge is 2.35. The molecule has 2 rings (SSSR count). The van der Waals surface area contributed by atoms with Crippen LogP contribution in [0.2, 0.25) is 5.02 Å². The Bertz CT molecular complexity index is 712.